The van der Waals surface area contributed by atoms with Gasteiger partial charge in [-0.25, -0.2) is 0 Å². The van der Waals surface area contributed by atoms with Crippen molar-refractivity contribution in [3.8, 4) is 5.75 Å². The van der Waals surface area contributed by atoms with Gasteiger partial charge in [0.2, 0.25) is 0 Å². The van der Waals surface area contributed by atoms with E-state index >= 15 is 0 Å². The van der Waals surface area contributed by atoms with Gasteiger partial charge in [-0.05, 0) is 48.3 Å². The molecule has 134 valence electrons. The summed E-state index contributed by atoms with van der Waals surface area (Å²) in [6.07, 6.45) is -0.925. The largest absolute Gasteiger partial charge is 0.491 e. The molecular formula is C17H29N3O3Si. The van der Waals surface area contributed by atoms with Crippen molar-refractivity contribution >= 4 is 8.32 Å². The Labute approximate surface area is 145 Å². The topological polar surface area (TPSA) is 87.5 Å². The van der Waals surface area contributed by atoms with E-state index in [1.54, 1.807) is 0 Å². The quantitative estimate of drug-likeness (QED) is 0.325. The minimum atomic E-state index is -1.97. The summed E-state index contributed by atoms with van der Waals surface area (Å²) in [5, 5.41) is 14.1. The molecule has 2 atom stereocenters. The predicted octanol–water partition coefficient (Wildman–Crippen LogP) is 4.44. The van der Waals surface area contributed by atoms with Crippen LogP contribution in [-0.2, 0) is 4.43 Å². The van der Waals surface area contributed by atoms with Gasteiger partial charge in [0.05, 0.1) is 12.1 Å². The molecule has 1 N–H and O–H groups in total. The van der Waals surface area contributed by atoms with Gasteiger partial charge in [-0.1, -0.05) is 38.0 Å². The SMILES string of the molecule is Cc1cccc(OC[C@@H](O)[C@H](CO[Si](C)(C)C(C)(C)C)N=[N+]=[N-])c1. The number of ether oxygens (including phenoxy) is 1. The fourth-order valence-corrected chi connectivity index (χ4v) is 2.82. The molecule has 0 saturated carbocycles. The zero-order valence-corrected chi connectivity index (χ0v) is 16.5. The van der Waals surface area contributed by atoms with Crippen LogP contribution >= 0.6 is 0 Å². The first-order valence-electron chi connectivity index (χ1n) is 8.12. The maximum Gasteiger partial charge on any atom is 0.191 e. The van der Waals surface area contributed by atoms with Crippen molar-refractivity contribution in [1.29, 1.82) is 0 Å². The minimum Gasteiger partial charge on any atom is -0.491 e. The lowest BCUT2D eigenvalue weighted by atomic mass is 10.2. The molecule has 1 aromatic rings. The number of rotatable bonds is 8. The van der Waals surface area contributed by atoms with Crippen molar-refractivity contribution in [2.24, 2.45) is 5.11 Å². The van der Waals surface area contributed by atoms with E-state index in [-0.39, 0.29) is 18.3 Å². The Morgan fingerprint density at radius 3 is 2.50 bits per heavy atom. The number of benzene rings is 1. The number of aliphatic hydroxyl groups excluding tert-OH is 1. The molecule has 7 heteroatoms. The van der Waals surface area contributed by atoms with E-state index in [4.69, 9.17) is 14.7 Å². The molecule has 0 fully saturated rings. The molecule has 6 nitrogen and oxygen atoms in total. The Kier molecular flexibility index (Phi) is 7.29. The fourth-order valence-electron chi connectivity index (χ4n) is 1.80. The molecule has 1 rings (SSSR count). The molecule has 0 bridgehead atoms. The summed E-state index contributed by atoms with van der Waals surface area (Å²) in [5.74, 6) is 0.680. The molecule has 0 saturated heterocycles. The lowest BCUT2D eigenvalue weighted by molar-refractivity contribution is 0.0660. The molecule has 0 aliphatic heterocycles. The van der Waals surface area contributed by atoms with Crippen LogP contribution in [0.25, 0.3) is 10.4 Å². The molecule has 1 aromatic carbocycles. The average Bonchev–Trinajstić information content (AvgIpc) is 2.48. The van der Waals surface area contributed by atoms with Crippen LogP contribution in [0.5, 0.6) is 5.75 Å². The number of nitrogens with zero attached hydrogens (tertiary/aromatic N) is 3. The first kappa shape index (κ1) is 20.5. The maximum atomic E-state index is 10.3. The fraction of sp³-hybridized carbons (Fsp3) is 0.647. The summed E-state index contributed by atoms with van der Waals surface area (Å²) < 4.78 is 11.7. The molecule has 0 aromatic heterocycles. The third kappa shape index (κ3) is 6.17. The van der Waals surface area contributed by atoms with E-state index < -0.39 is 20.5 Å². The number of hydrogen-bond acceptors (Lipinski definition) is 4. The van der Waals surface area contributed by atoms with Gasteiger partial charge in [0, 0.05) is 11.5 Å². The highest BCUT2D eigenvalue weighted by Gasteiger charge is 2.38. The summed E-state index contributed by atoms with van der Waals surface area (Å²) in [4.78, 5) is 2.83. The highest BCUT2D eigenvalue weighted by Crippen LogP contribution is 2.36. The van der Waals surface area contributed by atoms with Gasteiger partial charge >= 0.3 is 0 Å². The Bertz CT molecular complexity index is 581. The summed E-state index contributed by atoms with van der Waals surface area (Å²) in [5.41, 5.74) is 9.84. The Morgan fingerprint density at radius 2 is 1.96 bits per heavy atom. The summed E-state index contributed by atoms with van der Waals surface area (Å²) in [7, 11) is -1.97. The standard InChI is InChI=1S/C17H29N3O3Si/c1-13-8-7-9-14(10-13)22-12-16(21)15(19-20-18)11-23-24(5,6)17(2,3)4/h7-10,15-16,21H,11-12H2,1-6H3/t15-,16+/m0/s1. The van der Waals surface area contributed by atoms with Gasteiger partial charge in [0.15, 0.2) is 8.32 Å². The van der Waals surface area contributed by atoms with E-state index in [1.807, 2.05) is 31.2 Å². The van der Waals surface area contributed by atoms with Crippen molar-refractivity contribution in [1.82, 2.24) is 0 Å². The van der Waals surface area contributed by atoms with Crippen molar-refractivity contribution in [3.63, 3.8) is 0 Å². The highest BCUT2D eigenvalue weighted by atomic mass is 28.4. The molecule has 0 spiro atoms. The maximum absolute atomic E-state index is 10.3. The Balaban J connectivity index is 2.65. The Morgan fingerprint density at radius 1 is 1.29 bits per heavy atom. The van der Waals surface area contributed by atoms with Gasteiger partial charge in [-0.3, -0.25) is 0 Å². The highest BCUT2D eigenvalue weighted by molar-refractivity contribution is 6.74. The van der Waals surface area contributed by atoms with Crippen molar-refractivity contribution in [3.05, 3.63) is 40.3 Å². The monoisotopic (exact) mass is 351 g/mol. The van der Waals surface area contributed by atoms with Crippen molar-refractivity contribution < 1.29 is 14.3 Å². The van der Waals surface area contributed by atoms with Crippen molar-refractivity contribution in [2.45, 2.75) is 58.0 Å². The third-order valence-corrected chi connectivity index (χ3v) is 8.98. The molecule has 0 heterocycles. The van der Waals surface area contributed by atoms with Gasteiger partial charge < -0.3 is 14.3 Å². The third-order valence-electron chi connectivity index (χ3n) is 4.48. The summed E-state index contributed by atoms with van der Waals surface area (Å²) >= 11 is 0. The second-order valence-corrected chi connectivity index (χ2v) is 12.3. The predicted molar refractivity (Wildman–Crippen MR) is 98.8 cm³/mol. The van der Waals surface area contributed by atoms with Crippen LogP contribution in [0.1, 0.15) is 26.3 Å². The molecule has 0 aliphatic rings. The first-order valence-corrected chi connectivity index (χ1v) is 11.0. The van der Waals surface area contributed by atoms with Crippen molar-refractivity contribution in [2.75, 3.05) is 13.2 Å². The lowest BCUT2D eigenvalue weighted by Gasteiger charge is -2.37. The second kappa shape index (κ2) is 8.53. The molecule has 0 aliphatic carbocycles. The molecule has 24 heavy (non-hydrogen) atoms. The molecule has 0 radical (unpaired) electrons. The van der Waals surface area contributed by atoms with Gasteiger partial charge in [-0.2, -0.15) is 0 Å². The molecular weight excluding hydrogens is 322 g/mol. The van der Waals surface area contributed by atoms with Gasteiger partial charge in [0.1, 0.15) is 12.4 Å². The zero-order chi connectivity index (χ0) is 18.4. The second-order valence-electron chi connectivity index (χ2n) is 7.54. The van der Waals surface area contributed by atoms with Crippen LogP contribution in [0.15, 0.2) is 29.4 Å². The number of aliphatic hydroxyl groups is 1. The van der Waals surface area contributed by atoms with Gasteiger partial charge in [0.25, 0.3) is 0 Å². The van der Waals surface area contributed by atoms with Crippen LogP contribution in [0.4, 0.5) is 0 Å². The lowest BCUT2D eigenvalue weighted by Crippen LogP contribution is -2.44. The van der Waals surface area contributed by atoms with Crippen LogP contribution in [-0.4, -0.2) is 38.8 Å². The smallest absolute Gasteiger partial charge is 0.191 e. The van der Waals surface area contributed by atoms with E-state index in [1.165, 1.54) is 0 Å². The number of hydrogen-bond donors (Lipinski definition) is 1. The van der Waals surface area contributed by atoms with E-state index in [0.717, 1.165) is 5.56 Å². The zero-order valence-electron chi connectivity index (χ0n) is 15.5. The first-order chi connectivity index (χ1) is 11.1. The Hall–Kier alpha value is -1.53. The van der Waals surface area contributed by atoms with Crippen LogP contribution in [0.2, 0.25) is 18.1 Å². The van der Waals surface area contributed by atoms with E-state index in [2.05, 4.69) is 43.9 Å². The average molecular weight is 352 g/mol. The van der Waals surface area contributed by atoms with Crippen LogP contribution in [0, 0.1) is 6.92 Å². The minimum absolute atomic E-state index is 0.0496. The number of azide groups is 1. The van der Waals surface area contributed by atoms with Gasteiger partial charge in [-0.15, -0.1) is 0 Å². The van der Waals surface area contributed by atoms with E-state index in [0.29, 0.717) is 5.75 Å². The van der Waals surface area contributed by atoms with Crippen LogP contribution < -0.4 is 4.74 Å². The van der Waals surface area contributed by atoms with E-state index in [9.17, 15) is 5.11 Å². The summed E-state index contributed by atoms with van der Waals surface area (Å²) in [6.45, 7) is 12.9. The molecule has 0 unspecified atom stereocenters. The van der Waals surface area contributed by atoms with Crippen LogP contribution in [0.3, 0.4) is 0 Å². The number of aryl methyl sites for hydroxylation is 1. The normalized spacial score (nSPS) is 14.6. The molecule has 0 amide bonds. The summed E-state index contributed by atoms with van der Waals surface area (Å²) in [6, 6.07) is 6.91.